The average molecular weight is 1320 g/mol. The third kappa shape index (κ3) is 18.5. The summed E-state index contributed by atoms with van der Waals surface area (Å²) in [6.07, 6.45) is 3.09. The lowest BCUT2D eigenvalue weighted by Gasteiger charge is -2.36. The fourth-order valence-corrected chi connectivity index (χ4v) is 26.3. The lowest BCUT2D eigenvalue weighted by atomic mass is 10.2. The van der Waals surface area contributed by atoms with Gasteiger partial charge in [0.2, 0.25) is 0 Å². The van der Waals surface area contributed by atoms with Gasteiger partial charge in [0.05, 0.1) is 18.5 Å². The highest BCUT2D eigenvalue weighted by molar-refractivity contribution is 7.96. The van der Waals surface area contributed by atoms with E-state index in [-0.39, 0.29) is 0 Å². The second kappa shape index (κ2) is 32.2. The van der Waals surface area contributed by atoms with Gasteiger partial charge in [-0.05, 0) is 259 Å². The van der Waals surface area contributed by atoms with Crippen LogP contribution in [0.15, 0.2) is 291 Å². The van der Waals surface area contributed by atoms with E-state index in [1.807, 2.05) is 0 Å². The lowest BCUT2D eigenvalue weighted by Crippen LogP contribution is -2.33. The van der Waals surface area contributed by atoms with E-state index in [0.717, 1.165) is 18.5 Å². The Labute approximate surface area is 569 Å². The largest absolute Gasteiger partial charge is 0.822 e. The van der Waals surface area contributed by atoms with E-state index in [0.29, 0.717) is 0 Å². The number of aryl methyl sites for hydroxylation is 12. The van der Waals surface area contributed by atoms with E-state index in [4.69, 9.17) is 19.2 Å². The predicted molar refractivity (Wildman–Crippen MR) is 410 cm³/mol. The Morgan fingerprint density at radius 2 is 0.337 bits per heavy atom. The van der Waals surface area contributed by atoms with Gasteiger partial charge < -0.3 is 19.2 Å². The first-order valence-corrected chi connectivity index (χ1v) is 40.0. The van der Waals surface area contributed by atoms with Crippen LogP contribution in [0.5, 0.6) is 0 Å². The van der Waals surface area contributed by atoms with Crippen LogP contribution in [0.1, 0.15) is 83.5 Å². The summed E-state index contributed by atoms with van der Waals surface area (Å²) >= 11 is 0. The molecule has 0 aliphatic heterocycles. The fraction of sp³-hybridized carbons (Fsp3) is 0.172. The first-order valence-electron chi connectivity index (χ1n) is 32.6. The minimum atomic E-state index is -5.39. The Balaban J connectivity index is 0.000000161. The average Bonchev–Trinajstić information content (AvgIpc) is 0.766. The van der Waals surface area contributed by atoms with E-state index >= 15 is 0 Å². The van der Waals surface area contributed by atoms with Crippen LogP contribution in [0.3, 0.4) is 0 Å². The molecule has 0 saturated carbocycles. The summed E-state index contributed by atoms with van der Waals surface area (Å²) < 4.78 is 8.55. The van der Waals surface area contributed by atoms with Gasteiger partial charge in [-0.3, -0.25) is 0 Å². The molecule has 0 heterocycles. The molecule has 0 radical (unpaired) electrons. The van der Waals surface area contributed by atoms with Gasteiger partial charge in [0.1, 0.15) is 69.5 Å². The second-order valence-electron chi connectivity index (χ2n) is 25.9. The molecule has 12 aromatic rings. The molecule has 4 nitrogen and oxygen atoms in total. The van der Waals surface area contributed by atoms with Crippen molar-refractivity contribution in [2.75, 3.05) is 0 Å². The first kappa shape index (κ1) is 71.3. The standard InChI is InChI=1S/3C29H30P.H3O4P/c3*1-22-14-16-26(17-15-22)21-30(27-11-5-8-23(2)18-27,28-12-6-9-24(3)19-28)29-13-7-10-25(4)20-29;1-5(2,3)4/h3*5-20H,21H2,1-4H3;(H3,1,2,3,4)/q3*+1;/p-3. The molecule has 95 heavy (non-hydrogen) atoms. The summed E-state index contributed by atoms with van der Waals surface area (Å²) in [5.41, 5.74) is 20.0. The van der Waals surface area contributed by atoms with Crippen molar-refractivity contribution in [3.8, 4) is 0 Å². The molecule has 0 fully saturated rings. The smallest absolute Gasteiger partial charge is 0.116 e. The fourth-order valence-electron chi connectivity index (χ4n) is 12.9. The number of hydrogen-bond acceptors (Lipinski definition) is 4. The molecule has 0 aliphatic rings. The van der Waals surface area contributed by atoms with Crippen molar-refractivity contribution in [1.29, 1.82) is 0 Å². The van der Waals surface area contributed by atoms with Crippen LogP contribution >= 0.6 is 29.6 Å². The van der Waals surface area contributed by atoms with Crippen LogP contribution in [0, 0.1) is 83.1 Å². The topological polar surface area (TPSA) is 86.2 Å². The van der Waals surface area contributed by atoms with Crippen molar-refractivity contribution in [3.05, 3.63) is 375 Å². The first-order chi connectivity index (χ1) is 45.4. The lowest BCUT2D eigenvalue weighted by molar-refractivity contribution is -0.432. The maximum atomic E-state index is 8.55. The maximum absolute atomic E-state index is 8.55. The van der Waals surface area contributed by atoms with Crippen LogP contribution in [0.4, 0.5) is 0 Å². The van der Waals surface area contributed by atoms with Gasteiger partial charge in [0.15, 0.2) is 0 Å². The minimum Gasteiger partial charge on any atom is -0.822 e. The molecule has 12 rings (SSSR count). The van der Waals surface area contributed by atoms with Crippen LogP contribution in [-0.4, -0.2) is 0 Å². The highest BCUT2D eigenvalue weighted by atomic mass is 31.2. The summed E-state index contributed by atoms with van der Waals surface area (Å²) in [7, 11) is -11.0. The molecule has 8 heteroatoms. The third-order valence-corrected chi connectivity index (χ3v) is 30.6. The maximum Gasteiger partial charge on any atom is 0.116 e. The summed E-state index contributed by atoms with van der Waals surface area (Å²) in [5.74, 6) is 0. The van der Waals surface area contributed by atoms with Crippen LogP contribution in [-0.2, 0) is 23.1 Å². The Hall–Kier alpha value is -7.96. The molecular formula is C87H90O4P4. The number of phosphoric acid groups is 1. The molecule has 0 unspecified atom stereocenters. The number of rotatable bonds is 15. The molecule has 0 bridgehead atoms. The van der Waals surface area contributed by atoms with E-state index in [2.05, 4.69) is 374 Å². The van der Waals surface area contributed by atoms with Crippen molar-refractivity contribution in [2.45, 2.75) is 102 Å². The molecule has 0 amide bonds. The molecule has 0 saturated heterocycles. The SMILES string of the molecule is Cc1ccc(C[P+](c2cccc(C)c2)(c2cccc(C)c2)c2cccc(C)c2)cc1.Cc1ccc(C[P+](c2cccc(C)c2)(c2cccc(C)c2)c2cccc(C)c2)cc1.Cc1ccc(C[P+](c2cccc(C)c2)(c2cccc(C)c2)c2cccc(C)c2)cc1.O=P([O-])([O-])[O-]. The molecular weight excluding hydrogens is 1230 g/mol. The van der Waals surface area contributed by atoms with Crippen molar-refractivity contribution in [1.82, 2.24) is 0 Å². The monoisotopic (exact) mass is 1320 g/mol. The summed E-state index contributed by atoms with van der Waals surface area (Å²) in [4.78, 5) is 25.6. The normalized spacial score (nSPS) is 11.5. The highest BCUT2D eigenvalue weighted by Crippen LogP contribution is 2.61. The molecule has 0 aliphatic carbocycles. The zero-order valence-corrected chi connectivity index (χ0v) is 60.8. The predicted octanol–water partition coefficient (Wildman–Crippen LogP) is 16.4. The highest BCUT2D eigenvalue weighted by Gasteiger charge is 2.48. The molecule has 0 aromatic heterocycles. The van der Waals surface area contributed by atoms with E-state index in [9.17, 15) is 0 Å². The van der Waals surface area contributed by atoms with Gasteiger partial charge in [-0.2, -0.15) is 7.82 Å². The minimum absolute atomic E-state index is 1.03. The molecule has 482 valence electrons. The van der Waals surface area contributed by atoms with Crippen LogP contribution in [0.2, 0.25) is 0 Å². The quantitative estimate of drug-likeness (QED) is 0.0957. The van der Waals surface area contributed by atoms with Crippen molar-refractivity contribution < 1.29 is 19.2 Å². The van der Waals surface area contributed by atoms with Gasteiger partial charge in [-0.15, -0.1) is 0 Å². The van der Waals surface area contributed by atoms with Crippen molar-refractivity contribution in [3.63, 3.8) is 0 Å². The molecule has 12 aromatic carbocycles. The summed E-state index contributed by atoms with van der Waals surface area (Å²) in [5, 5.41) is 13.1. The van der Waals surface area contributed by atoms with Gasteiger partial charge in [0.25, 0.3) is 0 Å². The molecule has 0 atom stereocenters. The van der Waals surface area contributed by atoms with Gasteiger partial charge in [-0.25, -0.2) is 0 Å². The van der Waals surface area contributed by atoms with Crippen molar-refractivity contribution in [2.24, 2.45) is 0 Å². The number of benzene rings is 12. The van der Waals surface area contributed by atoms with E-state index < -0.39 is 29.6 Å². The third-order valence-electron chi connectivity index (χ3n) is 17.6. The van der Waals surface area contributed by atoms with Gasteiger partial charge in [0, 0.05) is 0 Å². The van der Waals surface area contributed by atoms with E-state index in [1.165, 1.54) is 131 Å². The number of hydrogen-bond donors (Lipinski definition) is 0. The Kier molecular flexibility index (Phi) is 24.2. The summed E-state index contributed by atoms with van der Waals surface area (Å²) in [6.45, 7) is 26.3. The van der Waals surface area contributed by atoms with Crippen LogP contribution < -0.4 is 62.4 Å². The Morgan fingerprint density at radius 3 is 0.453 bits per heavy atom. The second-order valence-corrected chi connectivity index (χ2v) is 37.2. The molecule has 0 spiro atoms. The zero-order chi connectivity index (χ0) is 67.9. The summed E-state index contributed by atoms with van der Waals surface area (Å²) in [6, 6.07) is 110. The Morgan fingerprint density at radius 1 is 0.211 bits per heavy atom. The van der Waals surface area contributed by atoms with Crippen LogP contribution in [0.25, 0.3) is 0 Å². The van der Waals surface area contributed by atoms with E-state index in [1.54, 1.807) is 0 Å². The van der Waals surface area contributed by atoms with Gasteiger partial charge in [-0.1, -0.05) is 199 Å². The molecule has 0 N–H and O–H groups in total. The van der Waals surface area contributed by atoms with Crippen molar-refractivity contribution >= 4 is 77.4 Å². The van der Waals surface area contributed by atoms with Gasteiger partial charge >= 0.3 is 0 Å². The zero-order valence-electron chi connectivity index (χ0n) is 57.3. The Bertz CT molecular complexity index is 3780.